The summed E-state index contributed by atoms with van der Waals surface area (Å²) in [4.78, 5) is 0.292. The number of hydrogen-bond donors (Lipinski definition) is 1. The Balaban J connectivity index is 1.89. The van der Waals surface area contributed by atoms with E-state index in [2.05, 4.69) is 44.4 Å². The molecule has 0 bridgehead atoms. The number of benzene rings is 1. The number of fused-ring (bicyclic) bond motifs is 1. The van der Waals surface area contributed by atoms with Gasteiger partial charge >= 0.3 is 0 Å². The van der Waals surface area contributed by atoms with Gasteiger partial charge in [-0.3, -0.25) is 0 Å². The Morgan fingerprint density at radius 1 is 1.24 bits per heavy atom. The van der Waals surface area contributed by atoms with Crippen LogP contribution in [0.2, 0.25) is 0 Å². The van der Waals surface area contributed by atoms with Crippen molar-refractivity contribution in [1.29, 1.82) is 0 Å². The van der Waals surface area contributed by atoms with Crippen LogP contribution in [-0.2, 0) is 6.54 Å². The maximum Gasteiger partial charge on any atom is 0.284 e. The van der Waals surface area contributed by atoms with Crippen molar-refractivity contribution >= 4 is 33.8 Å². The topological polar surface area (TPSA) is 46.8 Å². The molecule has 3 aromatic heterocycles. The molecule has 4 rings (SSSR count). The molecule has 4 aromatic rings. The first-order valence-corrected chi connectivity index (χ1v) is 7.76. The van der Waals surface area contributed by atoms with Crippen molar-refractivity contribution in [2.24, 2.45) is 0 Å². The third-order valence-corrected chi connectivity index (χ3v) is 4.39. The largest absolute Gasteiger partial charge is 0.408 e. The summed E-state index contributed by atoms with van der Waals surface area (Å²) >= 11 is 6.68. The smallest absolute Gasteiger partial charge is 0.284 e. The van der Waals surface area contributed by atoms with Gasteiger partial charge < -0.3 is 8.98 Å². The Hall–Kier alpha value is -2.18. The van der Waals surface area contributed by atoms with E-state index in [1.807, 2.05) is 18.2 Å². The van der Waals surface area contributed by atoms with Gasteiger partial charge in [0.25, 0.3) is 10.7 Å². The Bertz CT molecular complexity index is 946. The molecule has 1 N–H and O–H groups in total. The predicted octanol–water partition coefficient (Wildman–Crippen LogP) is 4.46. The van der Waals surface area contributed by atoms with Gasteiger partial charge in [-0.2, -0.15) is 0 Å². The third kappa shape index (κ3) is 2.22. The molecule has 0 spiro atoms. The summed E-state index contributed by atoms with van der Waals surface area (Å²) in [7, 11) is 0. The van der Waals surface area contributed by atoms with Gasteiger partial charge in [-0.1, -0.05) is 30.3 Å². The molecule has 104 valence electrons. The second-order valence-corrected chi connectivity index (χ2v) is 6.01. The van der Waals surface area contributed by atoms with Crippen molar-refractivity contribution in [3.8, 4) is 11.6 Å². The normalized spacial score (nSPS) is 11.2. The van der Waals surface area contributed by atoms with E-state index in [-0.39, 0.29) is 0 Å². The number of nitrogens with zero attached hydrogens (tertiary/aromatic N) is 2. The highest BCUT2D eigenvalue weighted by atomic mass is 32.1. The molecule has 21 heavy (non-hydrogen) atoms. The molecule has 0 atom stereocenters. The standard InChI is InChI=1S/C15H11N3OS2/c20-15-17-16-14(19-15)12-8-13-11(6-7-21-13)18(12)9-10-4-2-1-3-5-10/h1-8H,9H2,(H,17,20). The second-order valence-electron chi connectivity index (χ2n) is 4.69. The van der Waals surface area contributed by atoms with E-state index in [1.54, 1.807) is 11.3 Å². The number of hydrogen-bond acceptors (Lipinski definition) is 4. The molecule has 3 heterocycles. The van der Waals surface area contributed by atoms with Crippen LogP contribution in [0.25, 0.3) is 21.8 Å². The van der Waals surface area contributed by atoms with Crippen molar-refractivity contribution < 1.29 is 4.42 Å². The van der Waals surface area contributed by atoms with Gasteiger partial charge in [0.2, 0.25) is 0 Å². The van der Waals surface area contributed by atoms with Crippen LogP contribution in [-0.4, -0.2) is 14.8 Å². The summed E-state index contributed by atoms with van der Waals surface area (Å²) < 4.78 is 8.90. The highest BCUT2D eigenvalue weighted by Crippen LogP contribution is 2.31. The lowest BCUT2D eigenvalue weighted by atomic mass is 10.2. The molecule has 0 radical (unpaired) electrons. The van der Waals surface area contributed by atoms with Gasteiger partial charge in [-0.25, -0.2) is 5.10 Å². The van der Waals surface area contributed by atoms with Crippen LogP contribution >= 0.6 is 23.6 Å². The number of H-pyrrole nitrogens is 1. The fourth-order valence-electron chi connectivity index (χ4n) is 2.43. The van der Waals surface area contributed by atoms with Crippen LogP contribution in [0.1, 0.15) is 5.56 Å². The SMILES string of the molecule is S=c1[nH]nc(-c2cc3sccc3n2Cc2ccccc2)o1. The average molecular weight is 313 g/mol. The average Bonchev–Trinajstić information content (AvgIpc) is 3.17. The van der Waals surface area contributed by atoms with Crippen LogP contribution in [0, 0.1) is 4.84 Å². The van der Waals surface area contributed by atoms with Crippen LogP contribution in [0.5, 0.6) is 0 Å². The number of aromatic nitrogens is 3. The molecule has 0 saturated carbocycles. The molecule has 0 saturated heterocycles. The fraction of sp³-hybridized carbons (Fsp3) is 0.0667. The van der Waals surface area contributed by atoms with Crippen molar-refractivity contribution in [3.05, 3.63) is 58.2 Å². The molecule has 0 unspecified atom stereocenters. The number of rotatable bonds is 3. The first-order valence-electron chi connectivity index (χ1n) is 6.48. The lowest BCUT2D eigenvalue weighted by Gasteiger charge is -2.08. The molecule has 1 aromatic carbocycles. The Kier molecular flexibility index (Phi) is 2.98. The van der Waals surface area contributed by atoms with Crippen LogP contribution in [0.4, 0.5) is 0 Å². The minimum Gasteiger partial charge on any atom is -0.408 e. The Morgan fingerprint density at radius 2 is 2.10 bits per heavy atom. The summed E-state index contributed by atoms with van der Waals surface area (Å²) in [6.45, 7) is 0.769. The van der Waals surface area contributed by atoms with E-state index in [0.29, 0.717) is 10.7 Å². The molecule has 0 aliphatic heterocycles. The zero-order valence-corrected chi connectivity index (χ0v) is 12.6. The van der Waals surface area contributed by atoms with Crippen LogP contribution in [0.15, 0.2) is 52.3 Å². The predicted molar refractivity (Wildman–Crippen MR) is 86.0 cm³/mol. The molecule has 6 heteroatoms. The quantitative estimate of drug-likeness (QED) is 0.568. The summed E-state index contributed by atoms with van der Waals surface area (Å²) in [5.41, 5.74) is 3.35. The Labute approximate surface area is 129 Å². The molecule has 0 aliphatic rings. The zero-order valence-electron chi connectivity index (χ0n) is 10.9. The van der Waals surface area contributed by atoms with Crippen molar-refractivity contribution in [3.63, 3.8) is 0 Å². The van der Waals surface area contributed by atoms with E-state index >= 15 is 0 Å². The zero-order chi connectivity index (χ0) is 14.2. The van der Waals surface area contributed by atoms with Gasteiger partial charge in [-0.15, -0.1) is 16.4 Å². The summed E-state index contributed by atoms with van der Waals surface area (Å²) in [6.07, 6.45) is 0. The first-order chi connectivity index (χ1) is 10.3. The van der Waals surface area contributed by atoms with Crippen molar-refractivity contribution in [2.45, 2.75) is 6.54 Å². The number of thiophene rings is 1. The minimum atomic E-state index is 0.292. The highest BCUT2D eigenvalue weighted by Gasteiger charge is 2.15. The molecule has 4 nitrogen and oxygen atoms in total. The van der Waals surface area contributed by atoms with Crippen molar-refractivity contribution in [2.75, 3.05) is 0 Å². The summed E-state index contributed by atoms with van der Waals surface area (Å²) in [5, 5.41) is 8.93. The maximum atomic E-state index is 5.48. The first kappa shape index (κ1) is 12.6. The molecule has 0 aliphatic carbocycles. The third-order valence-electron chi connectivity index (χ3n) is 3.36. The van der Waals surface area contributed by atoms with Gasteiger partial charge in [-0.05, 0) is 35.3 Å². The lowest BCUT2D eigenvalue weighted by molar-refractivity contribution is 0.546. The van der Waals surface area contributed by atoms with E-state index in [0.717, 1.165) is 12.2 Å². The fourth-order valence-corrected chi connectivity index (χ4v) is 3.38. The monoisotopic (exact) mass is 313 g/mol. The van der Waals surface area contributed by atoms with Crippen LogP contribution < -0.4 is 0 Å². The van der Waals surface area contributed by atoms with E-state index in [4.69, 9.17) is 16.6 Å². The summed E-state index contributed by atoms with van der Waals surface area (Å²) in [5.74, 6) is 0.527. The van der Waals surface area contributed by atoms with E-state index < -0.39 is 0 Å². The van der Waals surface area contributed by atoms with Gasteiger partial charge in [0, 0.05) is 6.54 Å². The summed E-state index contributed by atoms with van der Waals surface area (Å²) in [6, 6.07) is 14.6. The van der Waals surface area contributed by atoms with Gasteiger partial charge in [0.15, 0.2) is 0 Å². The van der Waals surface area contributed by atoms with E-state index in [1.165, 1.54) is 15.8 Å². The molecular formula is C15H11N3OS2. The van der Waals surface area contributed by atoms with Gasteiger partial charge in [0.1, 0.15) is 5.69 Å². The molecule has 0 fully saturated rings. The number of aromatic amines is 1. The number of nitrogens with one attached hydrogen (secondary N) is 1. The van der Waals surface area contributed by atoms with Crippen LogP contribution in [0.3, 0.4) is 0 Å². The molecule has 0 amide bonds. The van der Waals surface area contributed by atoms with E-state index in [9.17, 15) is 0 Å². The minimum absolute atomic E-state index is 0.292. The van der Waals surface area contributed by atoms with Gasteiger partial charge in [0.05, 0.1) is 10.2 Å². The Morgan fingerprint density at radius 3 is 2.86 bits per heavy atom. The van der Waals surface area contributed by atoms with Crippen molar-refractivity contribution in [1.82, 2.24) is 14.8 Å². The maximum absolute atomic E-state index is 5.48. The lowest BCUT2D eigenvalue weighted by Crippen LogP contribution is -2.01. The molecular weight excluding hydrogens is 302 g/mol. The second kappa shape index (κ2) is 4.98. The highest BCUT2D eigenvalue weighted by molar-refractivity contribution is 7.71.